The highest BCUT2D eigenvalue weighted by Gasteiger charge is 2.25. The standard InChI is InChI=1S/C14H22N2O/c1-10-6-11(2)8-13(7-10)17-14-5-3-4-12(9-15)16-14/h3-5,10-11,13H,6-9,15H2,1-2H3. The molecule has 1 heterocycles. The molecule has 0 spiro atoms. The summed E-state index contributed by atoms with van der Waals surface area (Å²) in [6.07, 6.45) is 3.91. The Labute approximate surface area is 103 Å². The number of aromatic nitrogens is 1. The van der Waals surface area contributed by atoms with Gasteiger partial charge in [0, 0.05) is 12.6 Å². The second-order valence-electron chi connectivity index (χ2n) is 5.33. The van der Waals surface area contributed by atoms with E-state index in [0.29, 0.717) is 12.6 Å². The molecule has 0 radical (unpaired) electrons. The van der Waals surface area contributed by atoms with E-state index in [1.807, 2.05) is 18.2 Å². The average molecular weight is 234 g/mol. The van der Waals surface area contributed by atoms with Gasteiger partial charge in [-0.1, -0.05) is 19.9 Å². The van der Waals surface area contributed by atoms with Gasteiger partial charge in [0.2, 0.25) is 5.88 Å². The Morgan fingerprint density at radius 1 is 1.24 bits per heavy atom. The van der Waals surface area contributed by atoms with Gasteiger partial charge in [0.15, 0.2) is 0 Å². The highest BCUT2D eigenvalue weighted by atomic mass is 16.5. The molecule has 3 nitrogen and oxygen atoms in total. The van der Waals surface area contributed by atoms with Gasteiger partial charge >= 0.3 is 0 Å². The van der Waals surface area contributed by atoms with E-state index in [2.05, 4.69) is 18.8 Å². The smallest absolute Gasteiger partial charge is 0.213 e. The Balaban J connectivity index is 1.99. The summed E-state index contributed by atoms with van der Waals surface area (Å²) in [5.74, 6) is 2.22. The molecule has 2 N–H and O–H groups in total. The van der Waals surface area contributed by atoms with Crippen molar-refractivity contribution in [1.82, 2.24) is 4.98 Å². The van der Waals surface area contributed by atoms with E-state index in [0.717, 1.165) is 36.3 Å². The second-order valence-corrected chi connectivity index (χ2v) is 5.33. The predicted molar refractivity (Wildman–Crippen MR) is 68.7 cm³/mol. The molecule has 17 heavy (non-hydrogen) atoms. The number of hydrogen-bond donors (Lipinski definition) is 1. The quantitative estimate of drug-likeness (QED) is 0.874. The summed E-state index contributed by atoms with van der Waals surface area (Å²) >= 11 is 0. The van der Waals surface area contributed by atoms with Crippen LogP contribution in [-0.2, 0) is 6.54 Å². The zero-order chi connectivity index (χ0) is 12.3. The third-order valence-electron chi connectivity index (χ3n) is 3.41. The van der Waals surface area contributed by atoms with Gasteiger partial charge in [-0.15, -0.1) is 0 Å². The van der Waals surface area contributed by atoms with Gasteiger partial charge in [0.25, 0.3) is 0 Å². The summed E-state index contributed by atoms with van der Waals surface area (Å²) in [4.78, 5) is 4.39. The van der Waals surface area contributed by atoms with Crippen LogP contribution in [0.2, 0.25) is 0 Å². The highest BCUT2D eigenvalue weighted by Crippen LogP contribution is 2.30. The number of pyridine rings is 1. The number of nitrogens with zero attached hydrogens (tertiary/aromatic N) is 1. The first-order valence-corrected chi connectivity index (χ1v) is 6.50. The normalized spacial score (nSPS) is 29.0. The van der Waals surface area contributed by atoms with E-state index in [4.69, 9.17) is 10.5 Å². The lowest BCUT2D eigenvalue weighted by molar-refractivity contribution is 0.0965. The molecule has 2 rings (SSSR count). The van der Waals surface area contributed by atoms with Crippen LogP contribution in [0.5, 0.6) is 5.88 Å². The monoisotopic (exact) mass is 234 g/mol. The third kappa shape index (κ3) is 3.43. The van der Waals surface area contributed by atoms with Crippen molar-refractivity contribution in [3.05, 3.63) is 23.9 Å². The Morgan fingerprint density at radius 2 is 1.94 bits per heavy atom. The molecule has 0 aromatic carbocycles. The Kier molecular flexibility index (Phi) is 4.00. The molecular weight excluding hydrogens is 212 g/mol. The average Bonchev–Trinajstić information content (AvgIpc) is 2.28. The molecule has 0 aliphatic heterocycles. The van der Waals surface area contributed by atoms with Crippen LogP contribution in [0, 0.1) is 11.8 Å². The maximum absolute atomic E-state index is 5.97. The summed E-state index contributed by atoms with van der Waals surface area (Å²) < 4.78 is 5.97. The molecule has 0 bridgehead atoms. The Morgan fingerprint density at radius 3 is 2.59 bits per heavy atom. The minimum atomic E-state index is 0.314. The topological polar surface area (TPSA) is 48.1 Å². The summed E-state index contributed by atoms with van der Waals surface area (Å²) in [6, 6.07) is 5.81. The molecular formula is C14H22N2O. The van der Waals surface area contributed by atoms with Crippen molar-refractivity contribution >= 4 is 0 Å². The molecule has 1 saturated carbocycles. The van der Waals surface area contributed by atoms with Gasteiger partial charge in [-0.3, -0.25) is 0 Å². The van der Waals surface area contributed by atoms with Crippen molar-refractivity contribution in [3.8, 4) is 5.88 Å². The molecule has 2 atom stereocenters. The second kappa shape index (κ2) is 5.50. The Bertz CT molecular complexity index is 357. The van der Waals surface area contributed by atoms with Crippen molar-refractivity contribution in [1.29, 1.82) is 0 Å². The van der Waals surface area contributed by atoms with E-state index in [9.17, 15) is 0 Å². The third-order valence-corrected chi connectivity index (χ3v) is 3.41. The van der Waals surface area contributed by atoms with E-state index < -0.39 is 0 Å². The molecule has 0 saturated heterocycles. The molecule has 1 aliphatic carbocycles. The first kappa shape index (κ1) is 12.4. The minimum Gasteiger partial charge on any atom is -0.474 e. The molecule has 3 heteroatoms. The van der Waals surface area contributed by atoms with Crippen LogP contribution in [0.15, 0.2) is 18.2 Å². The van der Waals surface area contributed by atoms with Crippen molar-refractivity contribution in [2.24, 2.45) is 17.6 Å². The van der Waals surface area contributed by atoms with Crippen LogP contribution in [0.3, 0.4) is 0 Å². The van der Waals surface area contributed by atoms with Crippen LogP contribution < -0.4 is 10.5 Å². The number of rotatable bonds is 3. The van der Waals surface area contributed by atoms with E-state index >= 15 is 0 Å². The molecule has 1 aromatic rings. The lowest BCUT2D eigenvalue weighted by Gasteiger charge is -2.31. The molecule has 1 aromatic heterocycles. The van der Waals surface area contributed by atoms with Crippen molar-refractivity contribution in [2.45, 2.75) is 45.8 Å². The summed E-state index contributed by atoms with van der Waals surface area (Å²) in [7, 11) is 0. The maximum atomic E-state index is 5.97. The van der Waals surface area contributed by atoms with E-state index in [1.165, 1.54) is 6.42 Å². The maximum Gasteiger partial charge on any atom is 0.213 e. The summed E-state index contributed by atoms with van der Waals surface area (Å²) in [5, 5.41) is 0. The summed E-state index contributed by atoms with van der Waals surface area (Å²) in [5.41, 5.74) is 6.47. The SMILES string of the molecule is CC1CC(C)CC(Oc2cccc(CN)n2)C1. The first-order chi connectivity index (χ1) is 8.17. The summed E-state index contributed by atoms with van der Waals surface area (Å²) in [6.45, 7) is 5.07. The van der Waals surface area contributed by atoms with Crippen LogP contribution in [0.25, 0.3) is 0 Å². The fourth-order valence-electron chi connectivity index (χ4n) is 2.78. The van der Waals surface area contributed by atoms with Gasteiger partial charge in [-0.05, 0) is 37.2 Å². The predicted octanol–water partition coefficient (Wildman–Crippen LogP) is 2.74. The first-order valence-electron chi connectivity index (χ1n) is 6.50. The van der Waals surface area contributed by atoms with Crippen LogP contribution in [-0.4, -0.2) is 11.1 Å². The van der Waals surface area contributed by atoms with Gasteiger partial charge in [0.1, 0.15) is 6.10 Å². The number of hydrogen-bond acceptors (Lipinski definition) is 3. The molecule has 1 fully saturated rings. The lowest BCUT2D eigenvalue weighted by atomic mass is 9.82. The van der Waals surface area contributed by atoms with Crippen LogP contribution >= 0.6 is 0 Å². The Hall–Kier alpha value is -1.09. The highest BCUT2D eigenvalue weighted by molar-refractivity contribution is 5.16. The van der Waals surface area contributed by atoms with Crippen molar-refractivity contribution < 1.29 is 4.74 Å². The van der Waals surface area contributed by atoms with Gasteiger partial charge in [-0.25, -0.2) is 4.98 Å². The lowest BCUT2D eigenvalue weighted by Crippen LogP contribution is -2.28. The van der Waals surface area contributed by atoms with Gasteiger partial charge in [0.05, 0.1) is 5.69 Å². The van der Waals surface area contributed by atoms with Gasteiger partial charge in [-0.2, -0.15) is 0 Å². The van der Waals surface area contributed by atoms with Crippen molar-refractivity contribution in [2.75, 3.05) is 0 Å². The van der Waals surface area contributed by atoms with Crippen LogP contribution in [0.1, 0.15) is 38.8 Å². The molecule has 94 valence electrons. The number of nitrogens with two attached hydrogens (primary N) is 1. The fraction of sp³-hybridized carbons (Fsp3) is 0.643. The molecule has 0 amide bonds. The number of ether oxygens (including phenoxy) is 1. The zero-order valence-electron chi connectivity index (χ0n) is 10.7. The van der Waals surface area contributed by atoms with E-state index in [1.54, 1.807) is 0 Å². The van der Waals surface area contributed by atoms with Gasteiger partial charge < -0.3 is 10.5 Å². The molecule has 1 aliphatic rings. The zero-order valence-corrected chi connectivity index (χ0v) is 10.7. The fourth-order valence-corrected chi connectivity index (χ4v) is 2.78. The van der Waals surface area contributed by atoms with E-state index in [-0.39, 0.29) is 0 Å². The van der Waals surface area contributed by atoms with Crippen LogP contribution in [0.4, 0.5) is 0 Å². The minimum absolute atomic E-state index is 0.314. The largest absolute Gasteiger partial charge is 0.474 e. The van der Waals surface area contributed by atoms with Crippen molar-refractivity contribution in [3.63, 3.8) is 0 Å². The molecule has 2 unspecified atom stereocenters.